The molecule has 90 valence electrons. The van der Waals surface area contributed by atoms with Gasteiger partial charge in [-0.05, 0) is 39.7 Å². The Labute approximate surface area is 113 Å². The third-order valence-electron chi connectivity index (χ3n) is 2.86. The van der Waals surface area contributed by atoms with Crippen molar-refractivity contribution in [2.45, 2.75) is 6.54 Å². The van der Waals surface area contributed by atoms with E-state index in [0.717, 1.165) is 22.4 Å². The maximum atomic E-state index is 4.29. The molecule has 18 heavy (non-hydrogen) atoms. The summed E-state index contributed by atoms with van der Waals surface area (Å²) in [5.74, 6) is 0.878. The van der Waals surface area contributed by atoms with Crippen molar-refractivity contribution in [3.8, 4) is 0 Å². The van der Waals surface area contributed by atoms with Crippen LogP contribution < -0.4 is 5.32 Å². The van der Waals surface area contributed by atoms with E-state index >= 15 is 0 Å². The summed E-state index contributed by atoms with van der Waals surface area (Å²) in [5, 5.41) is 4.57. The Morgan fingerprint density at radius 3 is 2.89 bits per heavy atom. The fourth-order valence-corrected chi connectivity index (χ4v) is 2.18. The van der Waals surface area contributed by atoms with E-state index in [4.69, 9.17) is 0 Å². The first-order chi connectivity index (χ1) is 8.83. The number of aromatic amines is 1. The maximum absolute atomic E-state index is 4.29. The van der Waals surface area contributed by atoms with Crippen LogP contribution in [0.3, 0.4) is 0 Å². The van der Waals surface area contributed by atoms with Gasteiger partial charge in [-0.25, -0.2) is 4.98 Å². The summed E-state index contributed by atoms with van der Waals surface area (Å²) in [6.45, 7) is 0.763. The number of fused-ring (bicyclic) bond motifs is 1. The number of hydrogen-bond donors (Lipinski definition) is 2. The van der Waals surface area contributed by atoms with Gasteiger partial charge in [0.05, 0.1) is 0 Å². The molecule has 2 heterocycles. The number of halogens is 1. The van der Waals surface area contributed by atoms with Crippen molar-refractivity contribution in [1.29, 1.82) is 0 Å². The highest BCUT2D eigenvalue weighted by Gasteiger charge is 2.02. The van der Waals surface area contributed by atoms with E-state index in [9.17, 15) is 0 Å². The number of H-pyrrole nitrogens is 1. The molecule has 1 aromatic carbocycles. The molecule has 0 aliphatic rings. The second-order valence-corrected chi connectivity index (χ2v) is 4.99. The number of nitrogens with zero attached hydrogens (tertiary/aromatic N) is 1. The van der Waals surface area contributed by atoms with Crippen LogP contribution in [0, 0.1) is 0 Å². The average molecular weight is 302 g/mol. The lowest BCUT2D eigenvalue weighted by atomic mass is 10.2. The monoisotopic (exact) mass is 301 g/mol. The number of benzene rings is 1. The van der Waals surface area contributed by atoms with Crippen molar-refractivity contribution in [3.63, 3.8) is 0 Å². The summed E-state index contributed by atoms with van der Waals surface area (Å²) >= 11 is 3.37. The molecule has 0 saturated carbocycles. The summed E-state index contributed by atoms with van der Waals surface area (Å²) < 4.78 is 0.986. The number of rotatable bonds is 3. The Morgan fingerprint density at radius 1 is 1.17 bits per heavy atom. The minimum Gasteiger partial charge on any atom is -0.366 e. The molecule has 0 aliphatic heterocycles. The fraction of sp³-hybridized carbons (Fsp3) is 0.0714. The molecule has 0 fully saturated rings. The van der Waals surface area contributed by atoms with Crippen LogP contribution in [-0.2, 0) is 6.54 Å². The standard InChI is InChI=1S/C14H12BrN3/c15-11-5-6-14(18-9-11)17-8-10-7-16-13-4-2-1-3-12(10)13/h1-7,9,16H,8H2,(H,17,18). The SMILES string of the molecule is Brc1ccc(NCc2c[nH]c3ccccc23)nc1. The first kappa shape index (κ1) is 11.3. The Kier molecular flexibility index (Phi) is 3.02. The maximum Gasteiger partial charge on any atom is 0.126 e. The van der Waals surface area contributed by atoms with Crippen molar-refractivity contribution in [2.75, 3.05) is 5.32 Å². The van der Waals surface area contributed by atoms with Crippen LogP contribution in [0.15, 0.2) is 53.3 Å². The second-order valence-electron chi connectivity index (χ2n) is 4.07. The van der Waals surface area contributed by atoms with Crippen molar-refractivity contribution in [3.05, 3.63) is 58.8 Å². The van der Waals surface area contributed by atoms with Crippen LogP contribution in [-0.4, -0.2) is 9.97 Å². The van der Waals surface area contributed by atoms with E-state index in [1.54, 1.807) is 6.20 Å². The van der Waals surface area contributed by atoms with Gasteiger partial charge < -0.3 is 10.3 Å². The highest BCUT2D eigenvalue weighted by Crippen LogP contribution is 2.19. The normalized spacial score (nSPS) is 10.7. The predicted octanol–water partition coefficient (Wildman–Crippen LogP) is 3.94. The number of anilines is 1. The fourth-order valence-electron chi connectivity index (χ4n) is 1.94. The zero-order chi connectivity index (χ0) is 12.4. The van der Waals surface area contributed by atoms with Gasteiger partial charge in [-0.1, -0.05) is 18.2 Å². The van der Waals surface area contributed by atoms with Crippen LogP contribution in [0.4, 0.5) is 5.82 Å². The highest BCUT2D eigenvalue weighted by molar-refractivity contribution is 9.10. The quantitative estimate of drug-likeness (QED) is 0.769. The smallest absolute Gasteiger partial charge is 0.126 e. The van der Waals surface area contributed by atoms with E-state index in [1.807, 2.05) is 24.4 Å². The number of nitrogens with one attached hydrogen (secondary N) is 2. The zero-order valence-corrected chi connectivity index (χ0v) is 11.2. The molecule has 4 heteroatoms. The molecule has 0 amide bonds. The van der Waals surface area contributed by atoms with E-state index in [-0.39, 0.29) is 0 Å². The largest absolute Gasteiger partial charge is 0.366 e. The predicted molar refractivity (Wildman–Crippen MR) is 77.6 cm³/mol. The number of hydrogen-bond acceptors (Lipinski definition) is 2. The third-order valence-corrected chi connectivity index (χ3v) is 3.33. The minimum absolute atomic E-state index is 0.763. The molecule has 3 aromatic rings. The number of para-hydroxylation sites is 1. The molecule has 3 rings (SSSR count). The molecular weight excluding hydrogens is 290 g/mol. The van der Waals surface area contributed by atoms with Gasteiger partial charge >= 0.3 is 0 Å². The molecule has 0 atom stereocenters. The molecule has 2 aromatic heterocycles. The summed E-state index contributed by atoms with van der Waals surface area (Å²) in [6.07, 6.45) is 3.83. The van der Waals surface area contributed by atoms with Crippen LogP contribution in [0.2, 0.25) is 0 Å². The highest BCUT2D eigenvalue weighted by atomic mass is 79.9. The van der Waals surface area contributed by atoms with E-state index in [1.165, 1.54) is 10.9 Å². The first-order valence-corrected chi connectivity index (χ1v) is 6.52. The van der Waals surface area contributed by atoms with Gasteiger partial charge in [0.15, 0.2) is 0 Å². The minimum atomic E-state index is 0.763. The third kappa shape index (κ3) is 2.24. The lowest BCUT2D eigenvalue weighted by Gasteiger charge is -2.04. The van der Waals surface area contributed by atoms with Gasteiger partial charge in [-0.15, -0.1) is 0 Å². The summed E-state index contributed by atoms with van der Waals surface area (Å²) in [7, 11) is 0. The van der Waals surface area contributed by atoms with Crippen LogP contribution in [0.1, 0.15) is 5.56 Å². The lowest BCUT2D eigenvalue weighted by molar-refractivity contribution is 1.12. The summed E-state index contributed by atoms with van der Waals surface area (Å²) in [4.78, 5) is 7.56. The Hall–Kier alpha value is -1.81. The van der Waals surface area contributed by atoms with Crippen molar-refractivity contribution in [1.82, 2.24) is 9.97 Å². The second kappa shape index (κ2) is 4.82. The Balaban J connectivity index is 1.79. The molecule has 3 nitrogen and oxygen atoms in total. The molecule has 0 aliphatic carbocycles. The van der Waals surface area contributed by atoms with Gasteiger partial charge in [0, 0.05) is 34.3 Å². The van der Waals surface area contributed by atoms with Crippen molar-refractivity contribution < 1.29 is 0 Å². The van der Waals surface area contributed by atoms with E-state index in [2.05, 4.69) is 49.4 Å². The molecule has 0 bridgehead atoms. The van der Waals surface area contributed by atoms with Crippen LogP contribution in [0.25, 0.3) is 10.9 Å². The van der Waals surface area contributed by atoms with Crippen LogP contribution >= 0.6 is 15.9 Å². The Bertz CT molecular complexity index is 658. The number of aromatic nitrogens is 2. The van der Waals surface area contributed by atoms with Crippen molar-refractivity contribution in [2.24, 2.45) is 0 Å². The molecule has 0 radical (unpaired) electrons. The topological polar surface area (TPSA) is 40.7 Å². The molecule has 0 saturated heterocycles. The average Bonchev–Trinajstić information content (AvgIpc) is 2.82. The van der Waals surface area contributed by atoms with E-state index < -0.39 is 0 Å². The summed E-state index contributed by atoms with van der Waals surface area (Å²) in [6, 6.07) is 12.2. The van der Waals surface area contributed by atoms with E-state index in [0.29, 0.717) is 0 Å². The van der Waals surface area contributed by atoms with Gasteiger partial charge in [0.25, 0.3) is 0 Å². The summed E-state index contributed by atoms with van der Waals surface area (Å²) in [5.41, 5.74) is 2.41. The van der Waals surface area contributed by atoms with Crippen molar-refractivity contribution >= 4 is 32.7 Å². The van der Waals surface area contributed by atoms with Gasteiger partial charge in [-0.2, -0.15) is 0 Å². The molecule has 0 spiro atoms. The van der Waals surface area contributed by atoms with Gasteiger partial charge in [0.2, 0.25) is 0 Å². The van der Waals surface area contributed by atoms with Crippen LogP contribution in [0.5, 0.6) is 0 Å². The number of pyridine rings is 1. The zero-order valence-electron chi connectivity index (χ0n) is 9.65. The Morgan fingerprint density at radius 2 is 2.06 bits per heavy atom. The van der Waals surface area contributed by atoms with Gasteiger partial charge in [0.1, 0.15) is 5.82 Å². The molecule has 2 N–H and O–H groups in total. The van der Waals surface area contributed by atoms with Gasteiger partial charge in [-0.3, -0.25) is 0 Å². The first-order valence-electron chi connectivity index (χ1n) is 5.73. The molecular formula is C14H12BrN3. The molecule has 0 unspecified atom stereocenters. The lowest BCUT2D eigenvalue weighted by Crippen LogP contribution is -2.00.